The van der Waals surface area contributed by atoms with E-state index < -0.39 is 4.33 Å². The van der Waals surface area contributed by atoms with Gasteiger partial charge < -0.3 is 10.6 Å². The molecule has 4 heteroatoms. The molecule has 72 valence electrons. The van der Waals surface area contributed by atoms with Crippen molar-refractivity contribution >= 4 is 23.2 Å². The van der Waals surface area contributed by atoms with Gasteiger partial charge in [0.25, 0.3) is 0 Å². The molecular formula is C8H16Cl2N2. The first kappa shape index (κ1) is 10.6. The minimum Gasteiger partial charge on any atom is -0.329 e. The zero-order chi connectivity index (χ0) is 9.19. The number of alkyl halides is 2. The van der Waals surface area contributed by atoms with Crippen molar-refractivity contribution in [2.75, 3.05) is 26.2 Å². The number of hydrogen-bond acceptors (Lipinski definition) is 2. The quantitative estimate of drug-likeness (QED) is 0.697. The monoisotopic (exact) mass is 210 g/mol. The van der Waals surface area contributed by atoms with Gasteiger partial charge >= 0.3 is 0 Å². The topological polar surface area (TPSA) is 29.3 Å². The first-order valence-electron chi connectivity index (χ1n) is 4.40. The molecule has 1 saturated carbocycles. The predicted molar refractivity (Wildman–Crippen MR) is 53.7 cm³/mol. The highest BCUT2D eigenvalue weighted by atomic mass is 35.5. The van der Waals surface area contributed by atoms with Gasteiger partial charge in [0.05, 0.1) is 0 Å². The third kappa shape index (κ3) is 2.77. The second kappa shape index (κ2) is 4.14. The van der Waals surface area contributed by atoms with Crippen LogP contribution in [-0.4, -0.2) is 35.4 Å². The molecule has 1 aliphatic rings. The maximum Gasteiger partial charge on any atom is 0.122 e. The summed E-state index contributed by atoms with van der Waals surface area (Å²) < 4.78 is -0.442. The molecule has 0 aliphatic heterocycles. The summed E-state index contributed by atoms with van der Waals surface area (Å²) in [5.41, 5.74) is 5.46. The Hall–Kier alpha value is 0.500. The predicted octanol–water partition coefficient (Wildman–Crippen LogP) is 1.46. The number of rotatable bonds is 5. The van der Waals surface area contributed by atoms with Gasteiger partial charge in [-0.2, -0.15) is 0 Å². The van der Waals surface area contributed by atoms with E-state index in [4.69, 9.17) is 28.9 Å². The molecule has 2 nitrogen and oxygen atoms in total. The van der Waals surface area contributed by atoms with E-state index in [0.29, 0.717) is 12.5 Å². The Balaban J connectivity index is 2.20. The van der Waals surface area contributed by atoms with E-state index in [0.717, 1.165) is 26.1 Å². The SMILES string of the molecule is CCN(CCN)CC1CC1(Cl)Cl. The maximum atomic E-state index is 5.92. The van der Waals surface area contributed by atoms with Crippen LogP contribution in [0.15, 0.2) is 0 Å². The standard InChI is InChI=1S/C8H16Cl2N2/c1-2-12(4-3-11)6-7-5-8(7,9)10/h7H,2-6,11H2,1H3. The highest BCUT2D eigenvalue weighted by Gasteiger charge is 2.51. The lowest BCUT2D eigenvalue weighted by atomic mass is 10.3. The first-order chi connectivity index (χ1) is 5.60. The fourth-order valence-corrected chi connectivity index (χ4v) is 1.85. The fourth-order valence-electron chi connectivity index (χ4n) is 1.34. The van der Waals surface area contributed by atoms with Crippen molar-refractivity contribution in [2.24, 2.45) is 11.7 Å². The van der Waals surface area contributed by atoms with E-state index in [1.165, 1.54) is 0 Å². The Labute approximate surface area is 84.0 Å². The van der Waals surface area contributed by atoms with Gasteiger partial charge in [0.15, 0.2) is 0 Å². The van der Waals surface area contributed by atoms with Crippen LogP contribution in [-0.2, 0) is 0 Å². The molecule has 0 heterocycles. The van der Waals surface area contributed by atoms with Crippen molar-refractivity contribution < 1.29 is 0 Å². The molecule has 0 spiro atoms. The van der Waals surface area contributed by atoms with Gasteiger partial charge in [-0.05, 0) is 13.0 Å². The Morgan fingerprint density at radius 3 is 2.50 bits per heavy atom. The average Bonchev–Trinajstić information content (AvgIpc) is 2.58. The number of hydrogen-bond donors (Lipinski definition) is 1. The lowest BCUT2D eigenvalue weighted by molar-refractivity contribution is 0.283. The van der Waals surface area contributed by atoms with Crippen molar-refractivity contribution in [1.29, 1.82) is 0 Å². The molecule has 0 aromatic carbocycles. The Kier molecular flexibility index (Phi) is 3.65. The average molecular weight is 211 g/mol. The first-order valence-corrected chi connectivity index (χ1v) is 5.16. The van der Waals surface area contributed by atoms with Crippen LogP contribution in [0.5, 0.6) is 0 Å². The van der Waals surface area contributed by atoms with Crippen LogP contribution in [0.25, 0.3) is 0 Å². The summed E-state index contributed by atoms with van der Waals surface area (Å²) in [6, 6.07) is 0. The van der Waals surface area contributed by atoms with E-state index >= 15 is 0 Å². The Morgan fingerprint density at radius 2 is 2.17 bits per heavy atom. The van der Waals surface area contributed by atoms with E-state index in [-0.39, 0.29) is 0 Å². The van der Waals surface area contributed by atoms with E-state index in [9.17, 15) is 0 Å². The highest BCUT2D eigenvalue weighted by Crippen LogP contribution is 2.53. The lowest BCUT2D eigenvalue weighted by Gasteiger charge is -2.19. The van der Waals surface area contributed by atoms with Crippen LogP contribution in [0.2, 0.25) is 0 Å². The fraction of sp³-hybridized carbons (Fsp3) is 1.00. The molecular weight excluding hydrogens is 195 g/mol. The minimum absolute atomic E-state index is 0.442. The molecule has 0 saturated heterocycles. The normalized spacial score (nSPS) is 26.2. The molecule has 1 rings (SSSR count). The largest absolute Gasteiger partial charge is 0.329 e. The zero-order valence-electron chi connectivity index (χ0n) is 7.39. The molecule has 1 atom stereocenters. The van der Waals surface area contributed by atoms with Crippen molar-refractivity contribution in [3.05, 3.63) is 0 Å². The van der Waals surface area contributed by atoms with Crippen LogP contribution in [0.3, 0.4) is 0 Å². The number of halogens is 2. The van der Waals surface area contributed by atoms with E-state index in [2.05, 4.69) is 11.8 Å². The Morgan fingerprint density at radius 1 is 1.58 bits per heavy atom. The molecule has 12 heavy (non-hydrogen) atoms. The molecule has 1 aliphatic carbocycles. The highest BCUT2D eigenvalue weighted by molar-refractivity contribution is 6.50. The second-order valence-electron chi connectivity index (χ2n) is 3.34. The van der Waals surface area contributed by atoms with Crippen LogP contribution < -0.4 is 5.73 Å². The van der Waals surface area contributed by atoms with E-state index in [1.54, 1.807) is 0 Å². The van der Waals surface area contributed by atoms with Crippen molar-refractivity contribution in [3.63, 3.8) is 0 Å². The summed E-state index contributed by atoms with van der Waals surface area (Å²) in [7, 11) is 0. The summed E-state index contributed by atoms with van der Waals surface area (Å²) in [6.45, 7) is 5.79. The van der Waals surface area contributed by atoms with Gasteiger partial charge in [-0.15, -0.1) is 23.2 Å². The van der Waals surface area contributed by atoms with Crippen molar-refractivity contribution in [1.82, 2.24) is 4.90 Å². The molecule has 1 unspecified atom stereocenters. The van der Waals surface area contributed by atoms with Crippen LogP contribution >= 0.6 is 23.2 Å². The van der Waals surface area contributed by atoms with Crippen LogP contribution in [0, 0.1) is 5.92 Å². The summed E-state index contributed by atoms with van der Waals surface area (Å²) in [5, 5.41) is 0. The number of nitrogens with zero attached hydrogens (tertiary/aromatic N) is 1. The lowest BCUT2D eigenvalue weighted by Crippen LogP contribution is -2.31. The summed E-state index contributed by atoms with van der Waals surface area (Å²) in [6.07, 6.45) is 0.928. The van der Waals surface area contributed by atoms with Gasteiger partial charge in [-0.25, -0.2) is 0 Å². The van der Waals surface area contributed by atoms with Gasteiger partial charge in [0, 0.05) is 25.6 Å². The second-order valence-corrected chi connectivity index (χ2v) is 4.89. The molecule has 0 aromatic heterocycles. The van der Waals surface area contributed by atoms with Crippen LogP contribution in [0.4, 0.5) is 0 Å². The summed E-state index contributed by atoms with van der Waals surface area (Å²) in [4.78, 5) is 2.29. The Bertz CT molecular complexity index is 150. The third-order valence-corrected chi connectivity index (χ3v) is 3.25. The summed E-state index contributed by atoms with van der Waals surface area (Å²) in [5.74, 6) is 0.451. The van der Waals surface area contributed by atoms with Gasteiger partial charge in [0.1, 0.15) is 4.33 Å². The van der Waals surface area contributed by atoms with Gasteiger partial charge in [0.2, 0.25) is 0 Å². The molecule has 0 bridgehead atoms. The molecule has 2 N–H and O–H groups in total. The molecule has 0 amide bonds. The molecule has 0 radical (unpaired) electrons. The van der Waals surface area contributed by atoms with Crippen molar-refractivity contribution in [3.8, 4) is 0 Å². The zero-order valence-corrected chi connectivity index (χ0v) is 8.91. The molecule has 1 fully saturated rings. The van der Waals surface area contributed by atoms with Crippen molar-refractivity contribution in [2.45, 2.75) is 17.7 Å². The van der Waals surface area contributed by atoms with Gasteiger partial charge in [-0.3, -0.25) is 0 Å². The third-order valence-electron chi connectivity index (χ3n) is 2.33. The summed E-state index contributed by atoms with van der Waals surface area (Å²) >= 11 is 11.8. The van der Waals surface area contributed by atoms with Gasteiger partial charge in [-0.1, -0.05) is 6.92 Å². The maximum absolute atomic E-state index is 5.92. The number of nitrogens with two attached hydrogens (primary N) is 1. The smallest absolute Gasteiger partial charge is 0.122 e. The number of likely N-dealkylation sites (N-methyl/N-ethyl adjacent to an activating group) is 1. The molecule has 0 aromatic rings. The van der Waals surface area contributed by atoms with E-state index in [1.807, 2.05) is 0 Å². The minimum atomic E-state index is -0.442. The van der Waals surface area contributed by atoms with Crippen LogP contribution in [0.1, 0.15) is 13.3 Å².